The van der Waals surface area contributed by atoms with E-state index in [4.69, 9.17) is 4.99 Å². The van der Waals surface area contributed by atoms with Crippen LogP contribution in [0.4, 0.5) is 24.5 Å². The number of rotatable bonds is 3. The van der Waals surface area contributed by atoms with Crippen molar-refractivity contribution in [1.82, 2.24) is 9.88 Å². The Balaban J connectivity index is 1.30. The van der Waals surface area contributed by atoms with E-state index >= 15 is 0 Å². The molecule has 2 aromatic rings. The minimum Gasteiger partial charge on any atom is -0.359 e. The molecule has 3 aliphatic rings. The molecule has 1 saturated heterocycles. The summed E-state index contributed by atoms with van der Waals surface area (Å²) in [7, 11) is 0. The van der Waals surface area contributed by atoms with E-state index in [0.717, 1.165) is 40.5 Å². The number of nitrogens with zero attached hydrogens (tertiary/aromatic N) is 4. The van der Waals surface area contributed by atoms with E-state index in [1.54, 1.807) is 6.20 Å². The highest BCUT2D eigenvalue weighted by Crippen LogP contribution is 2.41. The number of halogens is 4. The van der Waals surface area contributed by atoms with Gasteiger partial charge in [-0.25, -0.2) is 23.1 Å². The third-order valence-electron chi connectivity index (χ3n) is 6.26. The van der Waals surface area contributed by atoms with Gasteiger partial charge in [0.25, 0.3) is 0 Å². The van der Waals surface area contributed by atoms with Gasteiger partial charge in [0.2, 0.25) is 0 Å². The monoisotopic (exact) mass is 478 g/mol. The number of fused-ring (bicyclic) bond motifs is 1. The number of likely N-dealkylation sites (tertiary alicyclic amines) is 1. The van der Waals surface area contributed by atoms with Crippen LogP contribution in [-0.4, -0.2) is 41.4 Å². The summed E-state index contributed by atoms with van der Waals surface area (Å²) in [6.07, 6.45) is 3.93. The number of amidine groups is 1. The maximum Gasteiger partial charge on any atom is 0.132 e. The highest BCUT2D eigenvalue weighted by Gasteiger charge is 2.36. The number of hydrogen-bond donors (Lipinski definition) is 0. The van der Waals surface area contributed by atoms with Crippen LogP contribution in [0, 0.1) is 17.6 Å². The second-order valence-electron chi connectivity index (χ2n) is 8.27. The van der Waals surface area contributed by atoms with Gasteiger partial charge in [0.05, 0.1) is 18.4 Å². The lowest BCUT2D eigenvalue weighted by molar-refractivity contribution is 0.152. The van der Waals surface area contributed by atoms with Gasteiger partial charge in [-0.15, -0.1) is 0 Å². The van der Waals surface area contributed by atoms with Crippen molar-refractivity contribution in [2.24, 2.45) is 10.9 Å². The first-order valence-electron chi connectivity index (χ1n) is 10.3. The zero-order valence-electron chi connectivity index (χ0n) is 16.4. The minimum absolute atomic E-state index is 0.0460. The molecule has 158 valence electrons. The Bertz CT molecular complexity index is 986. The van der Waals surface area contributed by atoms with Gasteiger partial charge in [0.15, 0.2) is 0 Å². The molecule has 1 atom stereocenters. The Kier molecular flexibility index (Phi) is 5.21. The van der Waals surface area contributed by atoms with Gasteiger partial charge in [-0.05, 0) is 59.7 Å². The average Bonchev–Trinajstić information content (AvgIpc) is 3.58. The van der Waals surface area contributed by atoms with E-state index in [1.165, 1.54) is 18.9 Å². The maximum absolute atomic E-state index is 15.0. The largest absolute Gasteiger partial charge is 0.359 e. The van der Waals surface area contributed by atoms with E-state index in [-0.39, 0.29) is 11.5 Å². The molecule has 0 N–H and O–H groups in total. The van der Waals surface area contributed by atoms with Crippen molar-refractivity contribution in [2.75, 3.05) is 24.5 Å². The van der Waals surface area contributed by atoms with Gasteiger partial charge in [0, 0.05) is 30.8 Å². The summed E-state index contributed by atoms with van der Waals surface area (Å²) in [4.78, 5) is 13.8. The molecule has 2 aliphatic heterocycles. The molecule has 0 amide bonds. The molecular weight excluding hydrogens is 457 g/mol. The molecule has 0 bridgehead atoms. The Labute approximate surface area is 181 Å². The van der Waals surface area contributed by atoms with Crippen molar-refractivity contribution in [3.63, 3.8) is 0 Å². The third kappa shape index (κ3) is 3.82. The standard InChI is InChI=1S/C22H22BrF3N4/c23-20-10-19-18(11-27-20)28-21(12-30(19)15-2-3-15)29-7-5-13(6-8-29)22(26)16-4-1-14(24)9-17(16)25/h1,4,9-11,13,15,22H,2-3,5-8,12H2. The second kappa shape index (κ2) is 7.87. The normalized spacial score (nSPS) is 20.7. The zero-order chi connectivity index (χ0) is 20.8. The number of pyridine rings is 1. The minimum atomic E-state index is -1.42. The number of aliphatic imine (C=N–C) groups is 1. The summed E-state index contributed by atoms with van der Waals surface area (Å²) in [5, 5.41) is 0. The zero-order valence-corrected chi connectivity index (χ0v) is 18.0. The first kappa shape index (κ1) is 19.8. The molecule has 2 fully saturated rings. The quantitative estimate of drug-likeness (QED) is 0.541. The van der Waals surface area contributed by atoms with Crippen molar-refractivity contribution in [3.8, 4) is 0 Å². The van der Waals surface area contributed by atoms with Crippen molar-refractivity contribution in [1.29, 1.82) is 0 Å². The van der Waals surface area contributed by atoms with Crippen LogP contribution < -0.4 is 4.90 Å². The number of piperidine rings is 1. The summed E-state index contributed by atoms with van der Waals surface area (Å²) in [6, 6.07) is 5.66. The number of hydrogen-bond acceptors (Lipinski definition) is 4. The fraction of sp³-hybridized carbons (Fsp3) is 0.455. The molecule has 3 heterocycles. The molecule has 0 radical (unpaired) electrons. The van der Waals surface area contributed by atoms with Gasteiger partial charge in [0.1, 0.15) is 33.9 Å². The van der Waals surface area contributed by atoms with Crippen molar-refractivity contribution >= 4 is 33.1 Å². The van der Waals surface area contributed by atoms with Gasteiger partial charge >= 0.3 is 0 Å². The Morgan fingerprint density at radius 2 is 1.83 bits per heavy atom. The molecule has 30 heavy (non-hydrogen) atoms. The molecule has 5 rings (SSSR count). The number of anilines is 1. The lowest BCUT2D eigenvalue weighted by atomic mass is 9.88. The van der Waals surface area contributed by atoms with E-state index < -0.39 is 17.8 Å². The van der Waals surface area contributed by atoms with Crippen LogP contribution in [0.3, 0.4) is 0 Å². The summed E-state index contributed by atoms with van der Waals surface area (Å²) in [6.45, 7) is 2.08. The lowest BCUT2D eigenvalue weighted by Gasteiger charge is -2.39. The lowest BCUT2D eigenvalue weighted by Crippen LogP contribution is -2.46. The van der Waals surface area contributed by atoms with E-state index in [1.807, 2.05) is 6.07 Å². The maximum atomic E-state index is 15.0. The van der Waals surface area contributed by atoms with Crippen molar-refractivity contribution < 1.29 is 13.2 Å². The summed E-state index contributed by atoms with van der Waals surface area (Å²) >= 11 is 3.45. The smallest absolute Gasteiger partial charge is 0.132 e. The van der Waals surface area contributed by atoms with Crippen LogP contribution >= 0.6 is 15.9 Å². The Morgan fingerprint density at radius 1 is 1.07 bits per heavy atom. The average molecular weight is 479 g/mol. The first-order chi connectivity index (χ1) is 14.5. The highest BCUT2D eigenvalue weighted by molar-refractivity contribution is 9.10. The topological polar surface area (TPSA) is 31.7 Å². The number of aromatic nitrogens is 1. The van der Waals surface area contributed by atoms with Crippen molar-refractivity contribution in [2.45, 2.75) is 37.9 Å². The van der Waals surface area contributed by atoms with E-state index in [9.17, 15) is 13.2 Å². The Hall–Kier alpha value is -2.09. The summed E-state index contributed by atoms with van der Waals surface area (Å²) in [5.41, 5.74) is 1.93. The van der Waals surface area contributed by atoms with Gasteiger partial charge in [-0.3, -0.25) is 0 Å². The molecule has 4 nitrogen and oxygen atoms in total. The van der Waals surface area contributed by atoms with E-state index in [0.29, 0.717) is 32.0 Å². The number of alkyl halides is 1. The fourth-order valence-electron chi connectivity index (χ4n) is 4.45. The Morgan fingerprint density at radius 3 is 2.53 bits per heavy atom. The van der Waals surface area contributed by atoms with Crippen LogP contribution in [0.15, 0.2) is 40.1 Å². The fourth-order valence-corrected chi connectivity index (χ4v) is 4.77. The molecule has 1 unspecified atom stereocenters. The second-order valence-corrected chi connectivity index (χ2v) is 9.09. The molecule has 1 aromatic carbocycles. The highest BCUT2D eigenvalue weighted by atomic mass is 79.9. The van der Waals surface area contributed by atoms with Gasteiger partial charge in [-0.1, -0.05) is 6.07 Å². The third-order valence-corrected chi connectivity index (χ3v) is 6.70. The predicted molar refractivity (Wildman–Crippen MR) is 114 cm³/mol. The molecule has 1 aromatic heterocycles. The molecule has 1 saturated carbocycles. The molecule has 0 spiro atoms. The van der Waals surface area contributed by atoms with Gasteiger partial charge in [-0.2, -0.15) is 0 Å². The SMILES string of the molecule is Fc1ccc(C(F)C2CCN(C3=Nc4cnc(Br)cc4N(C4CC4)C3)CC2)c(F)c1. The van der Waals surface area contributed by atoms with Crippen LogP contribution in [0.1, 0.15) is 37.4 Å². The van der Waals surface area contributed by atoms with Crippen LogP contribution in [0.2, 0.25) is 0 Å². The van der Waals surface area contributed by atoms with Crippen LogP contribution in [0.5, 0.6) is 0 Å². The predicted octanol–water partition coefficient (Wildman–Crippen LogP) is 5.56. The van der Waals surface area contributed by atoms with Crippen LogP contribution in [0.25, 0.3) is 0 Å². The molecular formula is C22H22BrF3N4. The first-order valence-corrected chi connectivity index (χ1v) is 11.1. The van der Waals surface area contributed by atoms with Crippen LogP contribution in [-0.2, 0) is 0 Å². The van der Waals surface area contributed by atoms with Crippen molar-refractivity contribution in [3.05, 3.63) is 52.3 Å². The summed E-state index contributed by atoms with van der Waals surface area (Å²) < 4.78 is 42.9. The summed E-state index contributed by atoms with van der Waals surface area (Å²) in [5.74, 6) is -0.789. The molecule has 1 aliphatic carbocycles. The molecule has 8 heteroatoms. The van der Waals surface area contributed by atoms with E-state index in [2.05, 4.69) is 30.7 Å². The van der Waals surface area contributed by atoms with Gasteiger partial charge < -0.3 is 9.80 Å². The number of benzene rings is 1.